The van der Waals surface area contributed by atoms with Gasteiger partial charge in [-0.25, -0.2) is 0 Å². The van der Waals surface area contributed by atoms with Crippen molar-refractivity contribution >= 4 is 17.4 Å². The highest BCUT2D eigenvalue weighted by atomic mass is 32.1. The number of likely N-dealkylation sites (N-methyl/N-ethyl adjacent to an activating group) is 1. The third-order valence-electron chi connectivity index (χ3n) is 2.10. The smallest absolute Gasteiger partial charge is 0.406 e. The zero-order chi connectivity index (χ0) is 14.6. The summed E-state index contributed by atoms with van der Waals surface area (Å²) in [5.41, 5.74) is 0. The molecule has 1 rings (SSSR count). The predicted octanol–water partition coefficient (Wildman–Crippen LogP) is 2.06. The third-order valence-corrected chi connectivity index (χ3v) is 2.74. The Morgan fingerprint density at radius 2 is 2.11 bits per heavy atom. The molecule has 1 aromatic heterocycles. The van der Waals surface area contributed by atoms with Crippen molar-refractivity contribution in [2.75, 3.05) is 20.2 Å². The zero-order valence-electron chi connectivity index (χ0n) is 10.7. The first-order valence-corrected chi connectivity index (χ1v) is 6.23. The average Bonchev–Trinajstić information content (AvgIpc) is 2.72. The topological polar surface area (TPSA) is 55.3 Å². The van der Waals surface area contributed by atoms with Gasteiger partial charge in [-0.05, 0) is 0 Å². The lowest BCUT2D eigenvalue weighted by atomic mass is 10.2. The van der Waals surface area contributed by atoms with Crippen molar-refractivity contribution in [3.8, 4) is 5.19 Å². The molecule has 19 heavy (non-hydrogen) atoms. The lowest BCUT2D eigenvalue weighted by Crippen LogP contribution is -2.38. The van der Waals surface area contributed by atoms with Crippen molar-refractivity contribution in [3.05, 3.63) is 5.82 Å². The van der Waals surface area contributed by atoms with E-state index in [1.54, 1.807) is 0 Å². The first kappa shape index (κ1) is 15.7. The Labute approximate surface area is 112 Å². The average molecular weight is 297 g/mol. The number of aromatic nitrogens is 2. The van der Waals surface area contributed by atoms with Crippen LogP contribution in [0.25, 0.3) is 0 Å². The SMILES string of the molecule is CC(C)c1nsc(OCC(=O)N(C)CC(F)(F)F)n1. The molecule has 0 atom stereocenters. The Balaban J connectivity index is 2.45. The van der Waals surface area contributed by atoms with E-state index in [0.717, 1.165) is 18.6 Å². The van der Waals surface area contributed by atoms with E-state index in [-0.39, 0.29) is 11.1 Å². The van der Waals surface area contributed by atoms with Gasteiger partial charge in [-0.3, -0.25) is 4.79 Å². The maximum Gasteiger partial charge on any atom is 0.406 e. The second-order valence-electron chi connectivity index (χ2n) is 4.23. The molecular formula is C10H14F3N3O2S. The van der Waals surface area contributed by atoms with Gasteiger partial charge in [0.15, 0.2) is 6.61 Å². The van der Waals surface area contributed by atoms with Crippen LogP contribution in [0.4, 0.5) is 13.2 Å². The van der Waals surface area contributed by atoms with Crippen molar-refractivity contribution < 1.29 is 22.7 Å². The minimum Gasteiger partial charge on any atom is -0.459 e. The standard InChI is InChI=1S/C10H14F3N3O2S/c1-6(2)8-14-9(19-15-8)18-4-7(17)16(3)5-10(11,12)13/h6H,4-5H2,1-3H3. The van der Waals surface area contributed by atoms with E-state index in [2.05, 4.69) is 9.36 Å². The molecule has 0 radical (unpaired) electrons. The highest BCUT2D eigenvalue weighted by molar-refractivity contribution is 7.07. The largest absolute Gasteiger partial charge is 0.459 e. The summed E-state index contributed by atoms with van der Waals surface area (Å²) in [7, 11) is 1.07. The maximum absolute atomic E-state index is 12.1. The molecule has 0 spiro atoms. The molecule has 9 heteroatoms. The molecule has 1 heterocycles. The molecule has 0 fully saturated rings. The summed E-state index contributed by atoms with van der Waals surface area (Å²) in [6.45, 7) is 2.00. The molecule has 0 saturated carbocycles. The van der Waals surface area contributed by atoms with E-state index in [9.17, 15) is 18.0 Å². The lowest BCUT2D eigenvalue weighted by molar-refractivity contribution is -0.159. The van der Waals surface area contributed by atoms with Gasteiger partial charge in [0, 0.05) is 24.5 Å². The molecule has 1 amide bonds. The summed E-state index contributed by atoms with van der Waals surface area (Å²) in [6, 6.07) is 0. The van der Waals surface area contributed by atoms with Crippen LogP contribution in [0.5, 0.6) is 5.19 Å². The Kier molecular flexibility index (Phi) is 5.10. The van der Waals surface area contributed by atoms with Crippen molar-refractivity contribution in [2.24, 2.45) is 0 Å². The Hall–Kier alpha value is -1.38. The fourth-order valence-corrected chi connectivity index (χ4v) is 1.77. The number of rotatable bonds is 5. The van der Waals surface area contributed by atoms with Crippen LogP contribution >= 0.6 is 11.5 Å². The normalized spacial score (nSPS) is 11.7. The minimum absolute atomic E-state index is 0.122. The molecule has 0 aliphatic heterocycles. The van der Waals surface area contributed by atoms with Crippen molar-refractivity contribution in [2.45, 2.75) is 25.9 Å². The van der Waals surface area contributed by atoms with Gasteiger partial charge in [-0.2, -0.15) is 22.5 Å². The Morgan fingerprint density at radius 3 is 2.58 bits per heavy atom. The molecule has 0 aromatic carbocycles. The molecule has 0 bridgehead atoms. The van der Waals surface area contributed by atoms with E-state index in [1.807, 2.05) is 13.8 Å². The summed E-state index contributed by atoms with van der Waals surface area (Å²) in [4.78, 5) is 16.0. The quantitative estimate of drug-likeness (QED) is 0.835. The zero-order valence-corrected chi connectivity index (χ0v) is 11.5. The third kappa shape index (κ3) is 5.41. The number of hydrogen-bond donors (Lipinski definition) is 0. The van der Waals surface area contributed by atoms with Crippen LogP contribution in [0.1, 0.15) is 25.6 Å². The van der Waals surface area contributed by atoms with E-state index in [1.165, 1.54) is 0 Å². The number of alkyl halides is 3. The van der Waals surface area contributed by atoms with E-state index < -0.39 is 25.2 Å². The first-order valence-electron chi connectivity index (χ1n) is 5.46. The summed E-state index contributed by atoms with van der Waals surface area (Å²) >= 11 is 0.968. The molecule has 0 aliphatic carbocycles. The van der Waals surface area contributed by atoms with Crippen molar-refractivity contribution in [1.82, 2.24) is 14.3 Å². The van der Waals surface area contributed by atoms with Gasteiger partial charge in [-0.15, -0.1) is 0 Å². The molecule has 108 valence electrons. The van der Waals surface area contributed by atoms with Crippen LogP contribution < -0.4 is 4.74 Å². The number of nitrogens with zero attached hydrogens (tertiary/aromatic N) is 3. The molecule has 0 unspecified atom stereocenters. The van der Waals surface area contributed by atoms with E-state index in [4.69, 9.17) is 4.74 Å². The molecule has 5 nitrogen and oxygen atoms in total. The van der Waals surface area contributed by atoms with Crippen LogP contribution in [-0.2, 0) is 4.79 Å². The van der Waals surface area contributed by atoms with Crippen LogP contribution in [0.3, 0.4) is 0 Å². The number of halogens is 3. The highest BCUT2D eigenvalue weighted by Crippen LogP contribution is 2.19. The van der Waals surface area contributed by atoms with Crippen LogP contribution in [0.15, 0.2) is 0 Å². The molecule has 1 aromatic rings. The lowest BCUT2D eigenvalue weighted by Gasteiger charge is -2.18. The van der Waals surface area contributed by atoms with Crippen molar-refractivity contribution in [3.63, 3.8) is 0 Å². The number of hydrogen-bond acceptors (Lipinski definition) is 5. The first-order chi connectivity index (χ1) is 8.69. The number of carbonyl (C=O) groups excluding carboxylic acids is 1. The second-order valence-corrected chi connectivity index (χ2v) is 4.94. The number of carbonyl (C=O) groups is 1. The predicted molar refractivity (Wildman–Crippen MR) is 63.2 cm³/mol. The van der Waals surface area contributed by atoms with Gasteiger partial charge in [0.2, 0.25) is 0 Å². The van der Waals surface area contributed by atoms with Gasteiger partial charge in [0.25, 0.3) is 11.1 Å². The molecule has 0 aliphatic rings. The molecule has 0 N–H and O–H groups in total. The van der Waals surface area contributed by atoms with Crippen LogP contribution in [0, 0.1) is 0 Å². The molecular weight excluding hydrogens is 283 g/mol. The maximum atomic E-state index is 12.1. The minimum atomic E-state index is -4.42. The summed E-state index contributed by atoms with van der Waals surface area (Å²) < 4.78 is 45.2. The Bertz CT molecular complexity index is 434. The summed E-state index contributed by atoms with van der Waals surface area (Å²) in [6.07, 6.45) is -4.42. The van der Waals surface area contributed by atoms with Gasteiger partial charge < -0.3 is 9.64 Å². The highest BCUT2D eigenvalue weighted by Gasteiger charge is 2.31. The summed E-state index contributed by atoms with van der Waals surface area (Å²) in [5, 5.41) is 0.178. The van der Waals surface area contributed by atoms with Gasteiger partial charge in [-0.1, -0.05) is 13.8 Å². The monoisotopic (exact) mass is 297 g/mol. The van der Waals surface area contributed by atoms with Gasteiger partial charge in [0.05, 0.1) is 0 Å². The fraction of sp³-hybridized carbons (Fsp3) is 0.700. The van der Waals surface area contributed by atoms with Crippen molar-refractivity contribution in [1.29, 1.82) is 0 Å². The Morgan fingerprint density at radius 1 is 1.47 bits per heavy atom. The fourth-order valence-electron chi connectivity index (χ4n) is 1.10. The van der Waals surface area contributed by atoms with Crippen LogP contribution in [-0.4, -0.2) is 46.5 Å². The van der Waals surface area contributed by atoms with Crippen LogP contribution in [0.2, 0.25) is 0 Å². The summed E-state index contributed by atoms with van der Waals surface area (Å²) in [5.74, 6) is -0.0630. The van der Waals surface area contributed by atoms with Gasteiger partial charge >= 0.3 is 6.18 Å². The van der Waals surface area contributed by atoms with E-state index >= 15 is 0 Å². The second kappa shape index (κ2) is 6.18. The van der Waals surface area contributed by atoms with Gasteiger partial charge in [0.1, 0.15) is 12.4 Å². The van der Waals surface area contributed by atoms with E-state index in [0.29, 0.717) is 10.7 Å². The number of amides is 1. The number of ether oxygens (including phenoxy) is 1. The molecule has 0 saturated heterocycles.